The molecule has 1 fully saturated rings. The molecule has 0 unspecified atom stereocenters. The van der Waals surface area contributed by atoms with Gasteiger partial charge in [-0.15, -0.1) is 0 Å². The van der Waals surface area contributed by atoms with E-state index < -0.39 is 0 Å². The summed E-state index contributed by atoms with van der Waals surface area (Å²) in [6, 6.07) is 28.6. The van der Waals surface area contributed by atoms with Crippen molar-refractivity contribution in [2.75, 3.05) is 13.2 Å². The van der Waals surface area contributed by atoms with Crippen LogP contribution in [0, 0.1) is 0 Å². The Labute approximate surface area is 218 Å². The van der Waals surface area contributed by atoms with Crippen LogP contribution in [0.1, 0.15) is 11.1 Å². The lowest BCUT2D eigenvalue weighted by Gasteiger charge is -2.14. The Hall–Kier alpha value is -3.74. The van der Waals surface area contributed by atoms with E-state index in [9.17, 15) is 9.59 Å². The third-order valence-corrected chi connectivity index (χ3v) is 6.98. The molecule has 5 rings (SSSR count). The number of amides is 2. The van der Waals surface area contributed by atoms with E-state index in [2.05, 4.69) is 0 Å². The molecular formula is C29H22ClNO4S. The second-order valence-electron chi connectivity index (χ2n) is 8.11. The largest absolute Gasteiger partial charge is 0.491 e. The van der Waals surface area contributed by atoms with Gasteiger partial charge in [0.25, 0.3) is 11.1 Å². The van der Waals surface area contributed by atoms with Gasteiger partial charge >= 0.3 is 0 Å². The highest BCUT2D eigenvalue weighted by Crippen LogP contribution is 2.33. The third-order valence-electron chi connectivity index (χ3n) is 5.70. The summed E-state index contributed by atoms with van der Waals surface area (Å²) in [6.07, 6.45) is 1.71. The van der Waals surface area contributed by atoms with Gasteiger partial charge < -0.3 is 9.47 Å². The van der Waals surface area contributed by atoms with Crippen LogP contribution in [0.4, 0.5) is 4.79 Å². The highest BCUT2D eigenvalue weighted by Gasteiger charge is 2.34. The lowest BCUT2D eigenvalue weighted by molar-refractivity contribution is -0.123. The number of thioether (sulfide) groups is 1. The van der Waals surface area contributed by atoms with Gasteiger partial charge in [-0.2, -0.15) is 0 Å². The first-order valence-corrected chi connectivity index (χ1v) is 12.6. The molecule has 1 saturated heterocycles. The Morgan fingerprint density at radius 1 is 0.861 bits per heavy atom. The van der Waals surface area contributed by atoms with Crippen molar-refractivity contribution >= 4 is 51.4 Å². The lowest BCUT2D eigenvalue weighted by Crippen LogP contribution is -2.32. The average molecular weight is 516 g/mol. The van der Waals surface area contributed by atoms with Gasteiger partial charge in [0, 0.05) is 16.0 Å². The number of benzene rings is 4. The highest BCUT2D eigenvalue weighted by molar-refractivity contribution is 8.18. The minimum Gasteiger partial charge on any atom is -0.491 e. The summed E-state index contributed by atoms with van der Waals surface area (Å²) in [6.45, 7) is 0.716. The van der Waals surface area contributed by atoms with Gasteiger partial charge in [0.15, 0.2) is 0 Å². The molecule has 0 aliphatic carbocycles. The molecule has 0 radical (unpaired) electrons. The maximum absolute atomic E-state index is 12.9. The number of nitrogens with zero attached hydrogens (tertiary/aromatic N) is 1. The van der Waals surface area contributed by atoms with Crippen LogP contribution in [0.25, 0.3) is 16.8 Å². The van der Waals surface area contributed by atoms with E-state index in [1.807, 2.05) is 91.0 Å². The molecule has 180 valence electrons. The molecule has 0 atom stereocenters. The summed E-state index contributed by atoms with van der Waals surface area (Å²) in [5.41, 5.74) is 1.65. The normalized spacial score (nSPS) is 14.6. The van der Waals surface area contributed by atoms with Gasteiger partial charge in [0.1, 0.15) is 24.7 Å². The molecule has 0 saturated carbocycles. The van der Waals surface area contributed by atoms with Gasteiger partial charge in [-0.25, -0.2) is 0 Å². The van der Waals surface area contributed by atoms with Crippen LogP contribution in [-0.2, 0) is 11.4 Å². The fourth-order valence-corrected chi connectivity index (χ4v) is 4.94. The summed E-state index contributed by atoms with van der Waals surface area (Å²) < 4.78 is 11.8. The molecule has 36 heavy (non-hydrogen) atoms. The molecule has 2 amide bonds. The maximum Gasteiger partial charge on any atom is 0.293 e. The fraction of sp³-hybridized carbons (Fsp3) is 0.103. The van der Waals surface area contributed by atoms with Crippen LogP contribution in [0.15, 0.2) is 95.9 Å². The second kappa shape index (κ2) is 10.9. The van der Waals surface area contributed by atoms with E-state index >= 15 is 0 Å². The number of rotatable bonds is 8. The Bertz CT molecular complexity index is 1460. The van der Waals surface area contributed by atoms with Crippen molar-refractivity contribution in [3.8, 4) is 11.5 Å². The first kappa shape index (κ1) is 24.0. The van der Waals surface area contributed by atoms with Crippen molar-refractivity contribution in [3.05, 3.63) is 112 Å². The summed E-state index contributed by atoms with van der Waals surface area (Å²) in [4.78, 5) is 27.0. The highest BCUT2D eigenvalue weighted by atomic mass is 35.5. The summed E-state index contributed by atoms with van der Waals surface area (Å²) in [5.74, 6) is 1.05. The van der Waals surface area contributed by atoms with Gasteiger partial charge in [-0.1, -0.05) is 78.3 Å². The molecule has 1 aliphatic heterocycles. The van der Waals surface area contributed by atoms with E-state index in [1.165, 1.54) is 4.90 Å². The molecule has 0 bridgehead atoms. The monoisotopic (exact) mass is 515 g/mol. The van der Waals surface area contributed by atoms with E-state index in [0.717, 1.165) is 39.4 Å². The molecule has 4 aromatic carbocycles. The Balaban J connectivity index is 1.22. The van der Waals surface area contributed by atoms with Crippen molar-refractivity contribution < 1.29 is 19.1 Å². The van der Waals surface area contributed by atoms with Gasteiger partial charge in [0.05, 0.1) is 11.4 Å². The van der Waals surface area contributed by atoms with E-state index in [4.69, 9.17) is 21.1 Å². The Morgan fingerprint density at radius 2 is 1.64 bits per heavy atom. The van der Waals surface area contributed by atoms with Gasteiger partial charge in [-0.3, -0.25) is 14.5 Å². The SMILES string of the molecule is O=C1S/C(=C\c2cccc(OCc3ccccc3Cl)c2)C(=O)N1CCOc1cccc2ccccc12. The number of carbonyl (C=O) groups is 2. The van der Waals surface area contributed by atoms with Crippen LogP contribution in [0.5, 0.6) is 11.5 Å². The predicted octanol–water partition coefficient (Wildman–Crippen LogP) is 7.19. The Morgan fingerprint density at radius 3 is 2.53 bits per heavy atom. The lowest BCUT2D eigenvalue weighted by atomic mass is 10.1. The number of hydrogen-bond acceptors (Lipinski definition) is 5. The topological polar surface area (TPSA) is 55.8 Å². The molecule has 7 heteroatoms. The molecule has 0 N–H and O–H groups in total. The number of halogens is 1. The average Bonchev–Trinajstić information content (AvgIpc) is 3.16. The van der Waals surface area contributed by atoms with Gasteiger partial charge in [0.2, 0.25) is 0 Å². The zero-order chi connectivity index (χ0) is 24.9. The number of fused-ring (bicyclic) bond motifs is 1. The predicted molar refractivity (Wildman–Crippen MR) is 144 cm³/mol. The summed E-state index contributed by atoms with van der Waals surface area (Å²) in [7, 11) is 0. The van der Waals surface area contributed by atoms with Crippen molar-refractivity contribution in [1.82, 2.24) is 4.90 Å². The number of carbonyl (C=O) groups excluding carboxylic acids is 2. The van der Waals surface area contributed by atoms with E-state index in [1.54, 1.807) is 6.08 Å². The molecule has 4 aromatic rings. The number of imide groups is 1. The van der Waals surface area contributed by atoms with Crippen LogP contribution >= 0.6 is 23.4 Å². The zero-order valence-electron chi connectivity index (χ0n) is 19.2. The first-order valence-electron chi connectivity index (χ1n) is 11.4. The van der Waals surface area contributed by atoms with Crippen LogP contribution in [0.2, 0.25) is 5.02 Å². The molecule has 5 nitrogen and oxygen atoms in total. The first-order chi connectivity index (χ1) is 17.6. The molecule has 1 aliphatic rings. The molecule has 1 heterocycles. The van der Waals surface area contributed by atoms with Crippen LogP contribution in [-0.4, -0.2) is 29.2 Å². The molecule has 0 spiro atoms. The fourth-order valence-electron chi connectivity index (χ4n) is 3.88. The van der Waals surface area contributed by atoms with Crippen LogP contribution in [0.3, 0.4) is 0 Å². The summed E-state index contributed by atoms with van der Waals surface area (Å²) >= 11 is 7.13. The number of ether oxygens (including phenoxy) is 2. The smallest absolute Gasteiger partial charge is 0.293 e. The molecule has 0 aromatic heterocycles. The zero-order valence-corrected chi connectivity index (χ0v) is 20.8. The Kier molecular flexibility index (Phi) is 7.26. The third kappa shape index (κ3) is 5.40. The minimum absolute atomic E-state index is 0.173. The van der Waals surface area contributed by atoms with E-state index in [-0.39, 0.29) is 24.3 Å². The second-order valence-corrected chi connectivity index (χ2v) is 9.51. The van der Waals surface area contributed by atoms with E-state index in [0.29, 0.717) is 22.3 Å². The van der Waals surface area contributed by atoms with Crippen LogP contribution < -0.4 is 9.47 Å². The maximum atomic E-state index is 12.9. The standard InChI is InChI=1S/C29H22ClNO4S/c30-25-13-4-2-9-22(25)19-35-23-11-5-7-20(17-23)18-27-28(32)31(29(33)36-27)15-16-34-26-14-6-10-21-8-1-3-12-24(21)26/h1-14,17-18H,15-16,19H2/b27-18-. The molecular weight excluding hydrogens is 494 g/mol. The van der Waals surface area contributed by atoms with Gasteiger partial charge in [-0.05, 0) is 53.1 Å². The van der Waals surface area contributed by atoms with Crippen molar-refractivity contribution in [2.24, 2.45) is 0 Å². The summed E-state index contributed by atoms with van der Waals surface area (Å²) in [5, 5.41) is 2.40. The van der Waals surface area contributed by atoms with Crippen molar-refractivity contribution in [2.45, 2.75) is 6.61 Å². The quantitative estimate of drug-likeness (QED) is 0.232. The van der Waals surface area contributed by atoms with Crippen molar-refractivity contribution in [3.63, 3.8) is 0 Å². The van der Waals surface area contributed by atoms with Crippen molar-refractivity contribution in [1.29, 1.82) is 0 Å². The number of hydrogen-bond donors (Lipinski definition) is 0. The minimum atomic E-state index is -0.325.